The van der Waals surface area contributed by atoms with Crippen LogP contribution in [0.3, 0.4) is 0 Å². The van der Waals surface area contributed by atoms with Crippen molar-refractivity contribution in [2.75, 3.05) is 12.9 Å². The molecule has 0 spiro atoms. The summed E-state index contributed by atoms with van der Waals surface area (Å²) in [5.41, 5.74) is -0.991. The van der Waals surface area contributed by atoms with E-state index in [2.05, 4.69) is 0 Å². The van der Waals surface area contributed by atoms with Gasteiger partial charge in [-0.15, -0.1) is 0 Å². The predicted molar refractivity (Wildman–Crippen MR) is 92.1 cm³/mol. The van der Waals surface area contributed by atoms with Crippen LogP contribution < -0.4 is 0 Å². The Morgan fingerprint density at radius 2 is 1.63 bits per heavy atom. The summed E-state index contributed by atoms with van der Waals surface area (Å²) in [6.07, 6.45) is 0.533. The number of sulfonamides is 2. The molecule has 8 nitrogen and oxygen atoms in total. The molecule has 0 heterocycles. The molecular formula is C15H14F2N2O6S2. The van der Waals surface area contributed by atoms with Crippen LogP contribution in [-0.4, -0.2) is 38.4 Å². The molecular weight excluding hydrogens is 406 g/mol. The van der Waals surface area contributed by atoms with Gasteiger partial charge in [-0.25, -0.2) is 25.6 Å². The van der Waals surface area contributed by atoms with E-state index in [1.165, 1.54) is 12.1 Å². The van der Waals surface area contributed by atoms with E-state index < -0.39 is 54.1 Å². The largest absolute Gasteiger partial charge is 0.289 e. The number of para-hydroxylation sites is 1. The van der Waals surface area contributed by atoms with E-state index >= 15 is 0 Å². The van der Waals surface area contributed by atoms with Crippen LogP contribution in [0.2, 0.25) is 0 Å². The fourth-order valence-electron chi connectivity index (χ4n) is 2.45. The second-order valence-corrected chi connectivity index (χ2v) is 9.31. The van der Waals surface area contributed by atoms with Crippen LogP contribution in [0.4, 0.5) is 14.5 Å². The van der Waals surface area contributed by atoms with E-state index in [0.29, 0.717) is 6.26 Å². The Balaban J connectivity index is 2.73. The van der Waals surface area contributed by atoms with Crippen LogP contribution in [0.25, 0.3) is 0 Å². The number of rotatable bonds is 7. The highest BCUT2D eigenvalue weighted by molar-refractivity contribution is 8.03. The van der Waals surface area contributed by atoms with E-state index in [4.69, 9.17) is 0 Å². The van der Waals surface area contributed by atoms with E-state index in [9.17, 15) is 35.7 Å². The Kier molecular flexibility index (Phi) is 5.92. The topological polar surface area (TPSA) is 115 Å². The summed E-state index contributed by atoms with van der Waals surface area (Å²) < 4.78 is 77.0. The predicted octanol–water partition coefficient (Wildman–Crippen LogP) is 2.40. The van der Waals surface area contributed by atoms with Gasteiger partial charge in [0, 0.05) is 6.07 Å². The lowest BCUT2D eigenvalue weighted by Crippen LogP contribution is -2.40. The first-order valence-corrected chi connectivity index (χ1v) is 10.6. The fourth-order valence-corrected chi connectivity index (χ4v) is 6.12. The van der Waals surface area contributed by atoms with E-state index in [-0.39, 0.29) is 9.27 Å². The lowest BCUT2D eigenvalue weighted by atomic mass is 10.1. The van der Waals surface area contributed by atoms with Crippen molar-refractivity contribution in [2.45, 2.75) is 10.9 Å². The highest BCUT2D eigenvalue weighted by atomic mass is 32.3. The first kappa shape index (κ1) is 20.9. The Labute approximate surface area is 154 Å². The Hall–Kier alpha value is -2.44. The Morgan fingerprint density at radius 3 is 2.11 bits per heavy atom. The van der Waals surface area contributed by atoms with Gasteiger partial charge in [0.05, 0.1) is 17.2 Å². The van der Waals surface area contributed by atoms with Crippen molar-refractivity contribution < 1.29 is 30.5 Å². The van der Waals surface area contributed by atoms with Crippen LogP contribution in [0.15, 0.2) is 53.4 Å². The summed E-state index contributed by atoms with van der Waals surface area (Å²) in [4.78, 5) is 9.25. The maximum Gasteiger partial charge on any atom is 0.289 e. The van der Waals surface area contributed by atoms with Crippen molar-refractivity contribution in [1.82, 2.24) is 3.71 Å². The molecule has 0 saturated heterocycles. The molecule has 146 valence electrons. The Morgan fingerprint density at radius 1 is 1.07 bits per heavy atom. The van der Waals surface area contributed by atoms with Crippen LogP contribution >= 0.6 is 0 Å². The van der Waals surface area contributed by atoms with Crippen molar-refractivity contribution in [3.05, 3.63) is 70.0 Å². The molecule has 2 aromatic carbocycles. The summed E-state index contributed by atoms with van der Waals surface area (Å²) in [5, 5.41) is 11.1. The van der Waals surface area contributed by atoms with E-state index in [1.807, 2.05) is 0 Å². The van der Waals surface area contributed by atoms with Gasteiger partial charge in [-0.05, 0) is 23.8 Å². The quantitative estimate of drug-likeness (QED) is 0.502. The number of nitro benzene ring substituents is 1. The average Bonchev–Trinajstić information content (AvgIpc) is 2.59. The molecule has 27 heavy (non-hydrogen) atoms. The molecule has 2 aromatic rings. The van der Waals surface area contributed by atoms with E-state index in [1.54, 1.807) is 0 Å². The number of hydrogen-bond acceptors (Lipinski definition) is 6. The molecule has 0 aromatic heterocycles. The first-order chi connectivity index (χ1) is 12.5. The average molecular weight is 420 g/mol. The highest BCUT2D eigenvalue weighted by Gasteiger charge is 2.42. The van der Waals surface area contributed by atoms with Gasteiger partial charge in [0.2, 0.25) is 10.0 Å². The van der Waals surface area contributed by atoms with Crippen LogP contribution in [0.1, 0.15) is 11.6 Å². The van der Waals surface area contributed by atoms with Gasteiger partial charge in [-0.3, -0.25) is 10.1 Å². The van der Waals surface area contributed by atoms with Gasteiger partial charge in [0.15, 0.2) is 4.90 Å². The number of alkyl halides is 1. The molecule has 0 saturated carbocycles. The lowest BCUT2D eigenvalue weighted by Gasteiger charge is -2.27. The summed E-state index contributed by atoms with van der Waals surface area (Å²) >= 11 is 0. The van der Waals surface area contributed by atoms with Crippen molar-refractivity contribution in [3.8, 4) is 0 Å². The second-order valence-electron chi connectivity index (χ2n) is 5.44. The number of benzene rings is 2. The summed E-state index contributed by atoms with van der Waals surface area (Å²) in [7, 11) is -9.63. The third-order valence-electron chi connectivity index (χ3n) is 3.56. The third-order valence-corrected chi connectivity index (χ3v) is 7.50. The maximum atomic E-state index is 13.7. The fraction of sp³-hybridized carbons (Fsp3) is 0.200. The van der Waals surface area contributed by atoms with Crippen LogP contribution in [0, 0.1) is 15.9 Å². The second kappa shape index (κ2) is 7.66. The van der Waals surface area contributed by atoms with Gasteiger partial charge in [0.25, 0.3) is 15.7 Å². The molecule has 0 bridgehead atoms. The minimum Gasteiger partial charge on any atom is -0.258 e. The number of nitrogens with zero attached hydrogens (tertiary/aromatic N) is 2. The van der Waals surface area contributed by atoms with Gasteiger partial charge < -0.3 is 0 Å². The molecule has 0 aliphatic carbocycles. The normalized spacial score (nSPS) is 13.5. The third kappa shape index (κ3) is 4.28. The van der Waals surface area contributed by atoms with Crippen molar-refractivity contribution >= 4 is 25.7 Å². The smallest absolute Gasteiger partial charge is 0.258 e. The van der Waals surface area contributed by atoms with Crippen molar-refractivity contribution in [3.63, 3.8) is 0 Å². The van der Waals surface area contributed by atoms with Gasteiger partial charge in [-0.1, -0.05) is 28.0 Å². The first-order valence-electron chi connectivity index (χ1n) is 7.29. The van der Waals surface area contributed by atoms with Gasteiger partial charge >= 0.3 is 0 Å². The molecule has 0 aliphatic heterocycles. The van der Waals surface area contributed by atoms with E-state index in [0.717, 1.165) is 36.4 Å². The lowest BCUT2D eigenvalue weighted by molar-refractivity contribution is -0.387. The summed E-state index contributed by atoms with van der Waals surface area (Å²) in [6, 6.07) is 6.15. The van der Waals surface area contributed by atoms with Crippen LogP contribution in [-0.2, 0) is 20.0 Å². The molecule has 0 amide bonds. The minimum atomic E-state index is -5.03. The molecule has 0 aliphatic rings. The molecule has 1 atom stereocenters. The molecule has 0 fully saturated rings. The monoisotopic (exact) mass is 420 g/mol. The Bertz CT molecular complexity index is 1060. The highest BCUT2D eigenvalue weighted by Crippen LogP contribution is 2.34. The molecule has 1 unspecified atom stereocenters. The molecule has 12 heteroatoms. The molecule has 0 N–H and O–H groups in total. The zero-order chi connectivity index (χ0) is 20.4. The van der Waals surface area contributed by atoms with Gasteiger partial charge in [-0.2, -0.15) is 0 Å². The number of halogens is 2. The SMILES string of the molecule is CS(=O)(=O)N(C(CF)c1ccc(F)cc1)S(=O)(=O)c1ccccc1[N+](=O)[O-]. The standard InChI is InChI=1S/C15H14F2N2O6S2/c1-26(22,23)19(14(10-16)11-6-8-12(17)9-7-11)27(24,25)15-5-3-2-4-13(15)18(20)21/h2-9,14H,10H2,1H3. The maximum absolute atomic E-state index is 13.7. The van der Waals surface area contributed by atoms with Crippen LogP contribution in [0.5, 0.6) is 0 Å². The van der Waals surface area contributed by atoms with Gasteiger partial charge in [0.1, 0.15) is 12.5 Å². The molecule has 0 radical (unpaired) electrons. The number of hydrogen-bond donors (Lipinski definition) is 0. The zero-order valence-corrected chi connectivity index (χ0v) is 15.5. The zero-order valence-electron chi connectivity index (χ0n) is 13.8. The van der Waals surface area contributed by atoms with Crippen molar-refractivity contribution in [1.29, 1.82) is 0 Å². The summed E-state index contributed by atoms with van der Waals surface area (Å²) in [5.74, 6) is -0.691. The minimum absolute atomic E-state index is 0.129. The number of nitro groups is 1. The van der Waals surface area contributed by atoms with Crippen molar-refractivity contribution in [2.24, 2.45) is 0 Å². The summed E-state index contributed by atoms with van der Waals surface area (Å²) in [6.45, 7) is -1.46. The molecule has 2 rings (SSSR count).